The molecule has 122 valence electrons. The summed E-state index contributed by atoms with van der Waals surface area (Å²) < 4.78 is 0. The third-order valence-electron chi connectivity index (χ3n) is 6.88. The van der Waals surface area contributed by atoms with Gasteiger partial charge in [0.05, 0.1) is 0 Å². The first-order valence-corrected chi connectivity index (χ1v) is 9.56. The molecule has 0 aromatic rings. The Balaban J connectivity index is 1.49. The Morgan fingerprint density at radius 1 is 1.05 bits per heavy atom. The Kier molecular flexibility index (Phi) is 4.95. The Bertz CT molecular complexity index is 332. The van der Waals surface area contributed by atoms with Gasteiger partial charge in [-0.25, -0.2) is 0 Å². The minimum Gasteiger partial charge on any atom is -0.313 e. The molecule has 3 atom stereocenters. The lowest BCUT2D eigenvalue weighted by Gasteiger charge is -2.38. The second-order valence-corrected chi connectivity index (χ2v) is 8.49. The first kappa shape index (κ1) is 15.8. The lowest BCUT2D eigenvalue weighted by Crippen LogP contribution is -2.44. The van der Waals surface area contributed by atoms with E-state index in [1.54, 1.807) is 6.42 Å². The molecule has 0 aromatic heterocycles. The van der Waals surface area contributed by atoms with Crippen molar-refractivity contribution in [1.82, 2.24) is 10.2 Å². The van der Waals surface area contributed by atoms with Gasteiger partial charge in [0, 0.05) is 25.7 Å². The summed E-state index contributed by atoms with van der Waals surface area (Å²) in [6, 6.07) is 0.846. The van der Waals surface area contributed by atoms with Gasteiger partial charge in [-0.1, -0.05) is 20.3 Å². The predicted octanol–water partition coefficient (Wildman–Crippen LogP) is 3.91. The van der Waals surface area contributed by atoms with Crippen LogP contribution >= 0.6 is 0 Å². The lowest BCUT2D eigenvalue weighted by molar-refractivity contribution is 0.128. The molecule has 2 nitrogen and oxygen atoms in total. The van der Waals surface area contributed by atoms with Crippen LogP contribution in [0.1, 0.15) is 65.2 Å². The molecule has 0 saturated heterocycles. The van der Waals surface area contributed by atoms with Crippen LogP contribution in [0.4, 0.5) is 0 Å². The SMILES string of the molecule is CCC(CC)(CNC1CC1)CN(C)CC1CC2CCC1C2. The molecule has 0 aliphatic heterocycles. The van der Waals surface area contributed by atoms with Gasteiger partial charge >= 0.3 is 0 Å². The van der Waals surface area contributed by atoms with E-state index >= 15 is 0 Å². The lowest BCUT2D eigenvalue weighted by atomic mass is 9.81. The Hall–Kier alpha value is -0.0800. The van der Waals surface area contributed by atoms with E-state index in [0.29, 0.717) is 5.41 Å². The third kappa shape index (κ3) is 3.82. The Morgan fingerprint density at radius 2 is 1.81 bits per heavy atom. The molecule has 0 amide bonds. The maximum absolute atomic E-state index is 3.80. The van der Waals surface area contributed by atoms with Crippen molar-refractivity contribution in [1.29, 1.82) is 0 Å². The molecule has 3 unspecified atom stereocenters. The van der Waals surface area contributed by atoms with Crippen LogP contribution in [0.2, 0.25) is 0 Å². The molecular formula is C19H36N2. The zero-order valence-corrected chi connectivity index (χ0v) is 14.5. The van der Waals surface area contributed by atoms with Crippen LogP contribution in [0.25, 0.3) is 0 Å². The molecule has 3 fully saturated rings. The van der Waals surface area contributed by atoms with Gasteiger partial charge in [-0.05, 0) is 75.2 Å². The molecule has 2 bridgehead atoms. The van der Waals surface area contributed by atoms with Gasteiger partial charge in [0.25, 0.3) is 0 Å². The minimum atomic E-state index is 0.495. The normalized spacial score (nSPS) is 32.3. The summed E-state index contributed by atoms with van der Waals surface area (Å²) in [6.45, 7) is 8.65. The molecule has 3 aliphatic carbocycles. The van der Waals surface area contributed by atoms with Crippen molar-refractivity contribution in [3.8, 4) is 0 Å². The van der Waals surface area contributed by atoms with E-state index in [0.717, 1.165) is 23.8 Å². The first-order chi connectivity index (χ1) is 10.1. The third-order valence-corrected chi connectivity index (χ3v) is 6.88. The van der Waals surface area contributed by atoms with Crippen molar-refractivity contribution in [2.24, 2.45) is 23.2 Å². The quantitative estimate of drug-likeness (QED) is 0.693. The topological polar surface area (TPSA) is 15.3 Å². The highest BCUT2D eigenvalue weighted by atomic mass is 15.1. The van der Waals surface area contributed by atoms with E-state index in [-0.39, 0.29) is 0 Å². The van der Waals surface area contributed by atoms with E-state index < -0.39 is 0 Å². The number of hydrogen-bond donors (Lipinski definition) is 1. The molecule has 3 rings (SSSR count). The van der Waals surface area contributed by atoms with Crippen molar-refractivity contribution < 1.29 is 0 Å². The van der Waals surface area contributed by atoms with Gasteiger partial charge in [0.15, 0.2) is 0 Å². The van der Waals surface area contributed by atoms with Crippen LogP contribution in [0.5, 0.6) is 0 Å². The second kappa shape index (κ2) is 6.58. The molecule has 0 spiro atoms. The summed E-state index contributed by atoms with van der Waals surface area (Å²) in [4.78, 5) is 2.67. The van der Waals surface area contributed by atoms with Gasteiger partial charge in [-0.2, -0.15) is 0 Å². The van der Waals surface area contributed by atoms with Crippen LogP contribution in [-0.4, -0.2) is 37.6 Å². The molecule has 2 heteroatoms. The molecule has 0 heterocycles. The van der Waals surface area contributed by atoms with Crippen molar-refractivity contribution in [3.63, 3.8) is 0 Å². The fourth-order valence-electron chi connectivity index (χ4n) is 5.07. The first-order valence-electron chi connectivity index (χ1n) is 9.56. The standard InChI is InChI=1S/C19H36N2/c1-4-19(5-2,13-20-18-8-9-18)14-21(3)12-17-11-15-6-7-16(17)10-15/h15-18,20H,4-14H2,1-3H3. The van der Waals surface area contributed by atoms with E-state index in [9.17, 15) is 0 Å². The van der Waals surface area contributed by atoms with Crippen molar-refractivity contribution in [2.75, 3.05) is 26.7 Å². The summed E-state index contributed by atoms with van der Waals surface area (Å²) in [5.74, 6) is 3.17. The highest BCUT2D eigenvalue weighted by Crippen LogP contribution is 2.48. The average Bonchev–Trinajstić information content (AvgIpc) is 3.10. The van der Waals surface area contributed by atoms with Crippen LogP contribution in [0.15, 0.2) is 0 Å². The monoisotopic (exact) mass is 292 g/mol. The maximum Gasteiger partial charge on any atom is 0.00684 e. The highest BCUT2D eigenvalue weighted by Gasteiger charge is 2.40. The zero-order valence-electron chi connectivity index (χ0n) is 14.5. The van der Waals surface area contributed by atoms with Crippen molar-refractivity contribution in [3.05, 3.63) is 0 Å². The maximum atomic E-state index is 3.80. The molecule has 1 N–H and O–H groups in total. The molecule has 0 aromatic carbocycles. The van der Waals surface area contributed by atoms with Gasteiger partial charge < -0.3 is 10.2 Å². The van der Waals surface area contributed by atoms with Crippen LogP contribution < -0.4 is 5.32 Å². The van der Waals surface area contributed by atoms with Crippen molar-refractivity contribution in [2.45, 2.75) is 71.3 Å². The van der Waals surface area contributed by atoms with Gasteiger partial charge in [-0.3, -0.25) is 0 Å². The van der Waals surface area contributed by atoms with Crippen molar-refractivity contribution >= 4 is 0 Å². The number of nitrogens with zero attached hydrogens (tertiary/aromatic N) is 1. The number of nitrogens with one attached hydrogen (secondary N) is 1. The summed E-state index contributed by atoms with van der Waals surface area (Å²) in [7, 11) is 2.38. The second-order valence-electron chi connectivity index (χ2n) is 8.49. The Labute approximate surface area is 132 Å². The smallest absolute Gasteiger partial charge is 0.00684 e. The molecular weight excluding hydrogens is 256 g/mol. The molecule has 3 saturated carbocycles. The van der Waals surface area contributed by atoms with Crippen LogP contribution in [0.3, 0.4) is 0 Å². The predicted molar refractivity (Wildman–Crippen MR) is 90.5 cm³/mol. The van der Waals surface area contributed by atoms with E-state index in [4.69, 9.17) is 0 Å². The summed E-state index contributed by atoms with van der Waals surface area (Å²) in [5.41, 5.74) is 0.495. The number of hydrogen-bond acceptors (Lipinski definition) is 2. The zero-order chi connectivity index (χ0) is 14.9. The number of rotatable bonds is 9. The minimum absolute atomic E-state index is 0.495. The highest BCUT2D eigenvalue weighted by molar-refractivity contribution is 4.92. The van der Waals surface area contributed by atoms with Gasteiger partial charge in [0.1, 0.15) is 0 Å². The van der Waals surface area contributed by atoms with Gasteiger partial charge in [0.2, 0.25) is 0 Å². The van der Waals surface area contributed by atoms with E-state index in [1.807, 2.05) is 0 Å². The molecule has 0 radical (unpaired) electrons. The summed E-state index contributed by atoms with van der Waals surface area (Å²) >= 11 is 0. The summed E-state index contributed by atoms with van der Waals surface area (Å²) in [5, 5.41) is 3.80. The molecule has 21 heavy (non-hydrogen) atoms. The van der Waals surface area contributed by atoms with Crippen LogP contribution in [-0.2, 0) is 0 Å². The van der Waals surface area contributed by atoms with E-state index in [2.05, 4.69) is 31.1 Å². The fourth-order valence-corrected chi connectivity index (χ4v) is 5.07. The van der Waals surface area contributed by atoms with Crippen LogP contribution in [0, 0.1) is 23.2 Å². The average molecular weight is 293 g/mol. The summed E-state index contributed by atoms with van der Waals surface area (Å²) in [6.07, 6.45) is 11.6. The Morgan fingerprint density at radius 3 is 2.33 bits per heavy atom. The fraction of sp³-hybridized carbons (Fsp3) is 1.00. The molecule has 3 aliphatic rings. The van der Waals surface area contributed by atoms with Gasteiger partial charge in [-0.15, -0.1) is 0 Å². The van der Waals surface area contributed by atoms with E-state index in [1.165, 1.54) is 64.6 Å². The number of fused-ring (bicyclic) bond motifs is 2. The largest absolute Gasteiger partial charge is 0.313 e.